The van der Waals surface area contributed by atoms with Crippen molar-refractivity contribution >= 4 is 12.2 Å². The van der Waals surface area contributed by atoms with Crippen LogP contribution >= 0.6 is 0 Å². The number of halogens is 1. The second-order valence-electron chi connectivity index (χ2n) is 4.34. The summed E-state index contributed by atoms with van der Waals surface area (Å²) >= 11 is 0. The molecule has 0 amide bonds. The molecule has 8 heteroatoms. The summed E-state index contributed by atoms with van der Waals surface area (Å²) in [5, 5.41) is 11.9. The normalized spacial score (nSPS) is 34.4. The minimum absolute atomic E-state index is 0.175. The van der Waals surface area contributed by atoms with Gasteiger partial charge in [0.15, 0.2) is 6.23 Å². The van der Waals surface area contributed by atoms with Gasteiger partial charge in [-0.25, -0.2) is 9.37 Å². The summed E-state index contributed by atoms with van der Waals surface area (Å²) < 4.78 is 20.9. The number of rotatable bonds is 2. The van der Waals surface area contributed by atoms with E-state index in [0.717, 1.165) is 0 Å². The van der Waals surface area contributed by atoms with Crippen molar-refractivity contribution in [2.75, 3.05) is 11.9 Å². The third-order valence-electron chi connectivity index (χ3n) is 3.15. The van der Waals surface area contributed by atoms with Gasteiger partial charge in [-0.3, -0.25) is 9.56 Å². The Balaban J connectivity index is 1.90. The van der Waals surface area contributed by atoms with Crippen LogP contribution in [0.4, 0.5) is 10.2 Å². The predicted molar refractivity (Wildman–Crippen MR) is 61.8 cm³/mol. The van der Waals surface area contributed by atoms with E-state index in [1.807, 2.05) is 0 Å². The summed E-state index contributed by atoms with van der Waals surface area (Å²) in [6.45, 7) is -0.192. The second kappa shape index (κ2) is 4.30. The van der Waals surface area contributed by atoms with Crippen LogP contribution in [0.25, 0.3) is 0 Å². The van der Waals surface area contributed by atoms with E-state index < -0.39 is 24.7 Å². The van der Waals surface area contributed by atoms with E-state index in [1.54, 1.807) is 4.57 Å². The Hall–Kier alpha value is -1.51. The number of nitrogens with zero attached hydrogens (tertiary/aromatic N) is 3. The van der Waals surface area contributed by atoms with Crippen LogP contribution in [0.15, 0.2) is 11.3 Å². The van der Waals surface area contributed by atoms with Gasteiger partial charge in [-0.15, -0.1) is 0 Å². The Morgan fingerprint density at radius 2 is 2.50 bits per heavy atom. The highest BCUT2D eigenvalue weighted by atomic mass is 19.1. The molecule has 7 nitrogen and oxygen atoms in total. The number of ether oxygens (including phenoxy) is 1. The van der Waals surface area contributed by atoms with Crippen LogP contribution in [0, 0.1) is 0 Å². The zero-order valence-corrected chi connectivity index (χ0v) is 9.53. The van der Waals surface area contributed by atoms with Gasteiger partial charge < -0.3 is 20.9 Å². The number of fused-ring (bicyclic) bond motifs is 1. The first-order valence-electron chi connectivity index (χ1n) is 5.71. The van der Waals surface area contributed by atoms with E-state index >= 15 is 0 Å². The van der Waals surface area contributed by atoms with Crippen molar-refractivity contribution in [2.45, 2.75) is 31.1 Å². The Bertz CT molecular complexity index is 477. The van der Waals surface area contributed by atoms with Gasteiger partial charge in [0.2, 0.25) is 0 Å². The number of imidazole rings is 1. The number of hydrogen-bond donors (Lipinski definition) is 3. The van der Waals surface area contributed by atoms with E-state index in [1.165, 1.54) is 12.7 Å². The molecule has 0 aromatic carbocycles. The van der Waals surface area contributed by atoms with Gasteiger partial charge >= 0.3 is 0 Å². The van der Waals surface area contributed by atoms with Gasteiger partial charge in [0, 0.05) is 6.42 Å². The first kappa shape index (κ1) is 11.6. The lowest BCUT2D eigenvalue weighted by Crippen LogP contribution is -2.22. The molecule has 3 rings (SSSR count). The average molecular weight is 255 g/mol. The molecule has 4 N–H and O–H groups in total. The first-order chi connectivity index (χ1) is 8.70. The number of aliphatic hydroxyl groups excluding tert-OH is 1. The van der Waals surface area contributed by atoms with Crippen molar-refractivity contribution in [3.63, 3.8) is 0 Å². The summed E-state index contributed by atoms with van der Waals surface area (Å²) in [6, 6.07) is 0. The van der Waals surface area contributed by atoms with Gasteiger partial charge in [0.1, 0.15) is 23.8 Å². The number of anilines is 1. The number of nitrogens with two attached hydrogens (primary N) is 1. The number of aliphatic imine (C=N–C) groups is 1. The smallest absolute Gasteiger partial charge is 0.168 e. The number of nitrogens with one attached hydrogen (secondary N) is 1. The van der Waals surface area contributed by atoms with E-state index in [-0.39, 0.29) is 13.0 Å². The van der Waals surface area contributed by atoms with Crippen LogP contribution < -0.4 is 11.1 Å². The number of aliphatic hydroxyl groups is 1. The fourth-order valence-corrected chi connectivity index (χ4v) is 2.25. The molecule has 4 unspecified atom stereocenters. The fraction of sp³-hybridized carbons (Fsp3) is 0.600. The van der Waals surface area contributed by atoms with Gasteiger partial charge in [0.05, 0.1) is 25.4 Å². The van der Waals surface area contributed by atoms with Crippen molar-refractivity contribution in [3.8, 4) is 0 Å². The molecule has 4 atom stereocenters. The van der Waals surface area contributed by atoms with Crippen molar-refractivity contribution in [1.29, 1.82) is 0 Å². The number of hydrogen-bond acceptors (Lipinski definition) is 6. The first-order valence-corrected chi connectivity index (χ1v) is 5.71. The van der Waals surface area contributed by atoms with Crippen LogP contribution in [0.3, 0.4) is 0 Å². The van der Waals surface area contributed by atoms with Crippen molar-refractivity contribution in [3.05, 3.63) is 12.0 Å². The number of alkyl halides is 1. The maximum atomic E-state index is 13.9. The van der Waals surface area contributed by atoms with Crippen LogP contribution in [-0.4, -0.2) is 39.9 Å². The van der Waals surface area contributed by atoms with E-state index in [4.69, 9.17) is 15.6 Å². The van der Waals surface area contributed by atoms with Gasteiger partial charge in [-0.1, -0.05) is 0 Å². The SMILES string of the molecule is NC1N=CNc2c1ncn2C1OC(CO)CC1F. The van der Waals surface area contributed by atoms with Crippen LogP contribution in [-0.2, 0) is 4.74 Å². The van der Waals surface area contributed by atoms with E-state index in [2.05, 4.69) is 15.3 Å². The topological polar surface area (TPSA) is 97.7 Å². The molecule has 3 heterocycles. The molecule has 98 valence electrons. The third-order valence-corrected chi connectivity index (χ3v) is 3.15. The van der Waals surface area contributed by atoms with E-state index in [0.29, 0.717) is 11.5 Å². The lowest BCUT2D eigenvalue weighted by molar-refractivity contribution is -0.0359. The second-order valence-corrected chi connectivity index (χ2v) is 4.34. The van der Waals surface area contributed by atoms with Crippen LogP contribution in [0.5, 0.6) is 0 Å². The largest absolute Gasteiger partial charge is 0.394 e. The highest BCUT2D eigenvalue weighted by Crippen LogP contribution is 2.35. The van der Waals surface area contributed by atoms with Gasteiger partial charge in [0.25, 0.3) is 0 Å². The summed E-state index contributed by atoms with van der Waals surface area (Å²) in [7, 11) is 0. The summed E-state index contributed by atoms with van der Waals surface area (Å²) in [6.07, 6.45) is 0.112. The summed E-state index contributed by atoms with van der Waals surface area (Å²) in [4.78, 5) is 8.07. The Morgan fingerprint density at radius 1 is 1.67 bits per heavy atom. The molecule has 0 saturated carbocycles. The molecular weight excluding hydrogens is 241 g/mol. The Labute approximate surface area is 102 Å². The highest BCUT2D eigenvalue weighted by Gasteiger charge is 2.38. The quantitative estimate of drug-likeness (QED) is 0.686. The van der Waals surface area contributed by atoms with Crippen molar-refractivity contribution < 1.29 is 14.2 Å². The lowest BCUT2D eigenvalue weighted by Gasteiger charge is -2.20. The van der Waals surface area contributed by atoms with Crippen molar-refractivity contribution in [1.82, 2.24) is 9.55 Å². The zero-order chi connectivity index (χ0) is 12.7. The lowest BCUT2D eigenvalue weighted by atomic mass is 10.2. The standard InChI is InChI=1S/C10H14FN5O2/c11-6-1-5(2-17)18-10(6)16-4-15-7-8(12)13-3-14-9(7)16/h3-6,8,10,17H,1-2,12H2,(H,13,14). The molecule has 1 aromatic heterocycles. The van der Waals surface area contributed by atoms with E-state index in [9.17, 15) is 4.39 Å². The summed E-state index contributed by atoms with van der Waals surface area (Å²) in [5.41, 5.74) is 6.31. The zero-order valence-electron chi connectivity index (χ0n) is 9.53. The minimum atomic E-state index is -1.18. The van der Waals surface area contributed by atoms with Crippen LogP contribution in [0.1, 0.15) is 24.5 Å². The monoisotopic (exact) mass is 255 g/mol. The molecule has 0 radical (unpaired) electrons. The molecule has 0 bridgehead atoms. The molecule has 0 spiro atoms. The maximum absolute atomic E-state index is 13.9. The highest BCUT2D eigenvalue weighted by molar-refractivity contribution is 5.77. The Kier molecular flexibility index (Phi) is 2.77. The fourth-order valence-electron chi connectivity index (χ4n) is 2.25. The van der Waals surface area contributed by atoms with Crippen molar-refractivity contribution in [2.24, 2.45) is 10.7 Å². The molecule has 1 fully saturated rings. The number of aromatic nitrogens is 2. The molecular formula is C10H14FN5O2. The van der Waals surface area contributed by atoms with Gasteiger partial charge in [-0.2, -0.15) is 0 Å². The molecule has 2 aliphatic rings. The average Bonchev–Trinajstić information content (AvgIpc) is 2.93. The summed E-state index contributed by atoms with van der Waals surface area (Å²) in [5.74, 6) is 0.587. The van der Waals surface area contributed by atoms with Crippen LogP contribution in [0.2, 0.25) is 0 Å². The third kappa shape index (κ3) is 1.69. The Morgan fingerprint density at radius 3 is 3.22 bits per heavy atom. The molecule has 1 aromatic rings. The maximum Gasteiger partial charge on any atom is 0.168 e. The van der Waals surface area contributed by atoms with Gasteiger partial charge in [-0.05, 0) is 0 Å². The molecule has 1 saturated heterocycles. The molecule has 2 aliphatic heterocycles. The predicted octanol–water partition coefficient (Wildman–Crippen LogP) is -0.0879. The minimum Gasteiger partial charge on any atom is -0.394 e. The molecule has 18 heavy (non-hydrogen) atoms. The molecule has 0 aliphatic carbocycles.